The van der Waals surface area contributed by atoms with Crippen LogP contribution in [0.2, 0.25) is 0 Å². The fourth-order valence-electron chi connectivity index (χ4n) is 2.75. The number of nitrogens with zero attached hydrogens (tertiary/aromatic N) is 3. The van der Waals surface area contributed by atoms with Crippen LogP contribution in [-0.2, 0) is 16.1 Å². The molecule has 2 amide bonds. The number of ether oxygens (including phenoxy) is 1. The Morgan fingerprint density at radius 1 is 1.12 bits per heavy atom. The molecule has 8 heteroatoms. The first kappa shape index (κ1) is 16.1. The van der Waals surface area contributed by atoms with Crippen LogP contribution in [-0.4, -0.2) is 59.2 Å². The highest BCUT2D eigenvalue weighted by Gasteiger charge is 2.25. The van der Waals surface area contributed by atoms with Crippen molar-refractivity contribution < 1.29 is 18.7 Å². The smallest absolute Gasteiger partial charge is 0.420 e. The van der Waals surface area contributed by atoms with Crippen LogP contribution in [0.25, 0.3) is 11.1 Å². The van der Waals surface area contributed by atoms with Crippen LogP contribution in [0.15, 0.2) is 33.5 Å². The molecule has 2 heterocycles. The van der Waals surface area contributed by atoms with Gasteiger partial charge in [-0.05, 0) is 19.1 Å². The predicted octanol–water partition coefficient (Wildman–Crippen LogP) is 0.895. The molecular formula is C16H19N3O5. The van der Waals surface area contributed by atoms with Crippen LogP contribution in [0.4, 0.5) is 4.79 Å². The van der Waals surface area contributed by atoms with Gasteiger partial charge in [-0.1, -0.05) is 12.1 Å². The fraction of sp³-hybridized carbons (Fsp3) is 0.438. The molecule has 0 N–H and O–H groups in total. The second-order valence-corrected chi connectivity index (χ2v) is 5.49. The Hall–Kier alpha value is -2.77. The highest BCUT2D eigenvalue weighted by Crippen LogP contribution is 2.12. The summed E-state index contributed by atoms with van der Waals surface area (Å²) >= 11 is 0. The van der Waals surface area contributed by atoms with Crippen molar-refractivity contribution >= 4 is 23.1 Å². The topological polar surface area (TPSA) is 85.0 Å². The molecule has 0 bridgehead atoms. The molecule has 128 valence electrons. The maximum atomic E-state index is 12.5. The number of aromatic nitrogens is 1. The molecule has 24 heavy (non-hydrogen) atoms. The standard InChI is InChI=1S/C16H19N3O5/c1-2-23-15(21)18-9-7-17(8-10-18)14(20)11-19-12-5-3-4-6-13(12)24-16(19)22/h3-6H,2,7-11H2,1H3. The van der Waals surface area contributed by atoms with E-state index in [9.17, 15) is 14.4 Å². The summed E-state index contributed by atoms with van der Waals surface area (Å²) in [5, 5.41) is 0. The number of hydrogen-bond acceptors (Lipinski definition) is 5. The van der Waals surface area contributed by atoms with Crippen molar-refractivity contribution in [3.05, 3.63) is 34.8 Å². The Bertz CT molecular complexity index is 801. The SMILES string of the molecule is CCOC(=O)N1CCN(C(=O)Cn2c(=O)oc3ccccc32)CC1. The average molecular weight is 333 g/mol. The van der Waals surface area contributed by atoms with E-state index in [2.05, 4.69) is 0 Å². The third-order valence-electron chi connectivity index (χ3n) is 4.03. The Labute approximate surface area is 138 Å². The summed E-state index contributed by atoms with van der Waals surface area (Å²) < 4.78 is 11.4. The van der Waals surface area contributed by atoms with Crippen molar-refractivity contribution in [3.8, 4) is 0 Å². The lowest BCUT2D eigenvalue weighted by atomic mass is 10.3. The number of hydrogen-bond donors (Lipinski definition) is 0. The first-order valence-electron chi connectivity index (χ1n) is 7.88. The highest BCUT2D eigenvalue weighted by molar-refractivity contribution is 5.80. The van der Waals surface area contributed by atoms with Crippen molar-refractivity contribution in [2.24, 2.45) is 0 Å². The van der Waals surface area contributed by atoms with Crippen LogP contribution in [0.5, 0.6) is 0 Å². The number of carbonyl (C=O) groups excluding carboxylic acids is 2. The van der Waals surface area contributed by atoms with Gasteiger partial charge in [-0.25, -0.2) is 9.59 Å². The molecule has 0 atom stereocenters. The van der Waals surface area contributed by atoms with Gasteiger partial charge in [0.1, 0.15) is 6.54 Å². The van der Waals surface area contributed by atoms with Crippen LogP contribution in [0.3, 0.4) is 0 Å². The lowest BCUT2D eigenvalue weighted by Crippen LogP contribution is -2.51. The second kappa shape index (κ2) is 6.77. The summed E-state index contributed by atoms with van der Waals surface area (Å²) in [6.07, 6.45) is -0.360. The van der Waals surface area contributed by atoms with Gasteiger partial charge in [0.25, 0.3) is 0 Å². The van der Waals surface area contributed by atoms with Gasteiger partial charge in [0.05, 0.1) is 12.1 Å². The summed E-state index contributed by atoms with van der Waals surface area (Å²) in [6, 6.07) is 6.99. The number of amides is 2. The first-order chi connectivity index (χ1) is 11.6. The number of benzene rings is 1. The fourth-order valence-corrected chi connectivity index (χ4v) is 2.75. The zero-order chi connectivity index (χ0) is 17.1. The summed E-state index contributed by atoms with van der Waals surface area (Å²) in [5.74, 6) is -0.720. The third kappa shape index (κ3) is 3.12. The third-order valence-corrected chi connectivity index (χ3v) is 4.03. The molecule has 0 saturated carbocycles. The molecule has 3 rings (SSSR count). The molecule has 8 nitrogen and oxygen atoms in total. The molecule has 1 aliphatic rings. The average Bonchev–Trinajstić information content (AvgIpc) is 2.91. The molecule has 0 aliphatic carbocycles. The zero-order valence-corrected chi connectivity index (χ0v) is 13.4. The van der Waals surface area contributed by atoms with Gasteiger partial charge < -0.3 is 19.0 Å². The van der Waals surface area contributed by atoms with Crippen LogP contribution < -0.4 is 5.76 Å². The number of fused-ring (bicyclic) bond motifs is 1. The molecular weight excluding hydrogens is 314 g/mol. The number of rotatable bonds is 3. The van der Waals surface area contributed by atoms with E-state index in [1.165, 1.54) is 4.57 Å². The maximum Gasteiger partial charge on any atom is 0.420 e. The van der Waals surface area contributed by atoms with Gasteiger partial charge in [-0.2, -0.15) is 0 Å². The minimum Gasteiger partial charge on any atom is -0.450 e. The van der Waals surface area contributed by atoms with Crippen molar-refractivity contribution in [2.75, 3.05) is 32.8 Å². The van der Waals surface area contributed by atoms with E-state index in [0.29, 0.717) is 43.9 Å². The molecule has 1 saturated heterocycles. The molecule has 1 aromatic heterocycles. The first-order valence-corrected chi connectivity index (χ1v) is 7.88. The van der Waals surface area contributed by atoms with E-state index < -0.39 is 5.76 Å². The number of oxazole rings is 1. The van der Waals surface area contributed by atoms with Crippen LogP contribution in [0, 0.1) is 0 Å². The van der Waals surface area contributed by atoms with E-state index in [1.54, 1.807) is 41.0 Å². The van der Waals surface area contributed by atoms with Crippen molar-refractivity contribution in [3.63, 3.8) is 0 Å². The molecule has 1 aromatic carbocycles. The molecule has 2 aromatic rings. The zero-order valence-electron chi connectivity index (χ0n) is 13.4. The summed E-state index contributed by atoms with van der Waals surface area (Å²) in [5.41, 5.74) is 1.06. The normalized spacial score (nSPS) is 14.9. The Morgan fingerprint density at radius 2 is 1.79 bits per heavy atom. The number of piperazine rings is 1. The van der Waals surface area contributed by atoms with Crippen LogP contribution >= 0.6 is 0 Å². The van der Waals surface area contributed by atoms with Gasteiger partial charge in [-0.3, -0.25) is 9.36 Å². The molecule has 1 fully saturated rings. The van der Waals surface area contributed by atoms with Gasteiger partial charge in [0.2, 0.25) is 5.91 Å². The molecule has 0 spiro atoms. The van der Waals surface area contributed by atoms with Crippen molar-refractivity contribution in [2.45, 2.75) is 13.5 Å². The highest BCUT2D eigenvalue weighted by atomic mass is 16.6. The second-order valence-electron chi connectivity index (χ2n) is 5.49. The van der Waals surface area contributed by atoms with E-state index in [0.717, 1.165) is 0 Å². The van der Waals surface area contributed by atoms with E-state index in [1.807, 2.05) is 0 Å². The molecule has 0 radical (unpaired) electrons. The largest absolute Gasteiger partial charge is 0.450 e. The maximum absolute atomic E-state index is 12.5. The van der Waals surface area contributed by atoms with Gasteiger partial charge >= 0.3 is 11.8 Å². The van der Waals surface area contributed by atoms with Crippen molar-refractivity contribution in [1.82, 2.24) is 14.4 Å². The van der Waals surface area contributed by atoms with Crippen molar-refractivity contribution in [1.29, 1.82) is 0 Å². The predicted molar refractivity (Wildman–Crippen MR) is 85.6 cm³/mol. The monoisotopic (exact) mass is 333 g/mol. The quantitative estimate of drug-likeness (QED) is 0.833. The lowest BCUT2D eigenvalue weighted by molar-refractivity contribution is -0.133. The molecule has 0 unspecified atom stereocenters. The molecule has 1 aliphatic heterocycles. The minimum atomic E-state index is -0.547. The minimum absolute atomic E-state index is 0.0742. The number of carbonyl (C=O) groups is 2. The number of para-hydroxylation sites is 2. The van der Waals surface area contributed by atoms with Gasteiger partial charge in [0, 0.05) is 26.2 Å². The van der Waals surface area contributed by atoms with E-state index in [4.69, 9.17) is 9.15 Å². The van der Waals surface area contributed by atoms with Crippen LogP contribution in [0.1, 0.15) is 6.92 Å². The van der Waals surface area contributed by atoms with E-state index in [-0.39, 0.29) is 18.5 Å². The van der Waals surface area contributed by atoms with Gasteiger partial charge in [0.15, 0.2) is 5.58 Å². The summed E-state index contributed by atoms with van der Waals surface area (Å²) in [6.45, 7) is 3.69. The Morgan fingerprint density at radius 3 is 2.50 bits per heavy atom. The summed E-state index contributed by atoms with van der Waals surface area (Å²) in [7, 11) is 0. The summed E-state index contributed by atoms with van der Waals surface area (Å²) in [4.78, 5) is 39.3. The Kier molecular flexibility index (Phi) is 4.54. The lowest BCUT2D eigenvalue weighted by Gasteiger charge is -2.34. The Balaban J connectivity index is 1.65. The van der Waals surface area contributed by atoms with Gasteiger partial charge in [-0.15, -0.1) is 0 Å². The van der Waals surface area contributed by atoms with E-state index >= 15 is 0 Å².